The normalized spacial score (nSPS) is 24.1. The van der Waals surface area contributed by atoms with Crippen molar-refractivity contribution in [3.05, 3.63) is 56.7 Å². The van der Waals surface area contributed by atoms with Crippen LogP contribution in [0.2, 0.25) is 0 Å². The molecule has 0 aliphatic carbocycles. The van der Waals surface area contributed by atoms with Gasteiger partial charge >= 0.3 is 0 Å². The molecule has 0 radical (unpaired) electrons. The van der Waals surface area contributed by atoms with Gasteiger partial charge in [-0.05, 0) is 42.1 Å². The standard InChI is InChI=1S/C15H16BrNS/c16-12-4-1-3-11(9-12)14-10-17-7-6-13(14)15-5-2-8-18-15/h1-5,8-9,13-14,17H,6-7,10H2. The molecule has 1 aliphatic heterocycles. The Hall–Kier alpha value is -0.640. The minimum atomic E-state index is 0.592. The van der Waals surface area contributed by atoms with Gasteiger partial charge in [0.05, 0.1) is 0 Å². The lowest BCUT2D eigenvalue weighted by atomic mass is 9.80. The molecule has 94 valence electrons. The first kappa shape index (κ1) is 12.4. The molecule has 1 aromatic carbocycles. The largest absolute Gasteiger partial charge is 0.316 e. The molecule has 2 heterocycles. The summed E-state index contributed by atoms with van der Waals surface area (Å²) in [6.45, 7) is 2.21. The molecule has 2 aromatic rings. The van der Waals surface area contributed by atoms with Crippen molar-refractivity contribution < 1.29 is 0 Å². The van der Waals surface area contributed by atoms with E-state index in [4.69, 9.17) is 0 Å². The highest BCUT2D eigenvalue weighted by Gasteiger charge is 2.28. The number of thiophene rings is 1. The van der Waals surface area contributed by atoms with Crippen molar-refractivity contribution in [2.24, 2.45) is 0 Å². The van der Waals surface area contributed by atoms with E-state index in [1.54, 1.807) is 0 Å². The SMILES string of the molecule is Brc1cccc(C2CNCCC2c2cccs2)c1. The highest BCUT2D eigenvalue weighted by Crippen LogP contribution is 2.39. The van der Waals surface area contributed by atoms with Crippen LogP contribution in [0.3, 0.4) is 0 Å². The van der Waals surface area contributed by atoms with E-state index in [1.807, 2.05) is 11.3 Å². The zero-order valence-corrected chi connectivity index (χ0v) is 12.5. The van der Waals surface area contributed by atoms with Crippen molar-refractivity contribution >= 4 is 27.3 Å². The molecule has 1 aromatic heterocycles. The first-order valence-corrected chi connectivity index (χ1v) is 8.01. The van der Waals surface area contributed by atoms with Gasteiger partial charge in [0.25, 0.3) is 0 Å². The Morgan fingerprint density at radius 2 is 2.11 bits per heavy atom. The molecule has 18 heavy (non-hydrogen) atoms. The number of halogens is 1. The fourth-order valence-electron chi connectivity index (χ4n) is 2.79. The first-order chi connectivity index (χ1) is 8.84. The van der Waals surface area contributed by atoms with E-state index in [0.29, 0.717) is 11.8 Å². The van der Waals surface area contributed by atoms with Gasteiger partial charge in [0.2, 0.25) is 0 Å². The Morgan fingerprint density at radius 1 is 1.17 bits per heavy atom. The van der Waals surface area contributed by atoms with Crippen molar-refractivity contribution in [1.29, 1.82) is 0 Å². The number of piperidine rings is 1. The molecule has 2 unspecified atom stereocenters. The van der Waals surface area contributed by atoms with Crippen LogP contribution in [-0.4, -0.2) is 13.1 Å². The van der Waals surface area contributed by atoms with Gasteiger partial charge in [-0.15, -0.1) is 11.3 Å². The van der Waals surface area contributed by atoms with Gasteiger partial charge in [0, 0.05) is 27.7 Å². The van der Waals surface area contributed by atoms with Gasteiger partial charge in [-0.3, -0.25) is 0 Å². The molecule has 0 amide bonds. The molecule has 1 aliphatic rings. The fourth-order valence-corrected chi connectivity index (χ4v) is 4.13. The number of hydrogen-bond acceptors (Lipinski definition) is 2. The Morgan fingerprint density at radius 3 is 2.89 bits per heavy atom. The molecule has 0 spiro atoms. The zero-order valence-electron chi connectivity index (χ0n) is 10.1. The van der Waals surface area contributed by atoms with Crippen LogP contribution >= 0.6 is 27.3 Å². The molecule has 2 atom stereocenters. The maximum Gasteiger partial charge on any atom is 0.0178 e. The lowest BCUT2D eigenvalue weighted by Gasteiger charge is -2.32. The molecular formula is C15H16BrNS. The smallest absolute Gasteiger partial charge is 0.0178 e. The zero-order chi connectivity index (χ0) is 12.4. The van der Waals surface area contributed by atoms with E-state index in [9.17, 15) is 0 Å². The molecule has 1 fully saturated rings. The third-order valence-electron chi connectivity index (χ3n) is 3.67. The van der Waals surface area contributed by atoms with E-state index in [1.165, 1.54) is 21.3 Å². The van der Waals surface area contributed by atoms with Gasteiger partial charge in [0.1, 0.15) is 0 Å². The van der Waals surface area contributed by atoms with Crippen LogP contribution in [-0.2, 0) is 0 Å². The second-order valence-electron chi connectivity index (χ2n) is 4.78. The highest BCUT2D eigenvalue weighted by atomic mass is 79.9. The van der Waals surface area contributed by atoms with Crippen LogP contribution in [0.25, 0.3) is 0 Å². The Labute approximate surface area is 120 Å². The van der Waals surface area contributed by atoms with Crippen molar-refractivity contribution in [3.63, 3.8) is 0 Å². The summed E-state index contributed by atoms with van der Waals surface area (Å²) in [6, 6.07) is 13.2. The molecular weight excluding hydrogens is 306 g/mol. The fraction of sp³-hybridized carbons (Fsp3) is 0.333. The second-order valence-corrected chi connectivity index (χ2v) is 6.67. The van der Waals surface area contributed by atoms with Crippen molar-refractivity contribution in [3.8, 4) is 0 Å². The third kappa shape index (κ3) is 2.53. The topological polar surface area (TPSA) is 12.0 Å². The summed E-state index contributed by atoms with van der Waals surface area (Å²) >= 11 is 5.47. The number of nitrogens with one attached hydrogen (secondary N) is 1. The second kappa shape index (κ2) is 5.55. The van der Waals surface area contributed by atoms with Crippen molar-refractivity contribution in [2.45, 2.75) is 18.3 Å². The van der Waals surface area contributed by atoms with Crippen molar-refractivity contribution in [1.82, 2.24) is 5.32 Å². The summed E-state index contributed by atoms with van der Waals surface area (Å²) in [6.07, 6.45) is 1.23. The van der Waals surface area contributed by atoms with Crippen LogP contribution in [0.5, 0.6) is 0 Å². The van der Waals surface area contributed by atoms with Gasteiger partial charge in [-0.2, -0.15) is 0 Å². The molecule has 1 N–H and O–H groups in total. The first-order valence-electron chi connectivity index (χ1n) is 6.34. The van der Waals surface area contributed by atoms with Crippen LogP contribution in [0, 0.1) is 0 Å². The van der Waals surface area contributed by atoms with Crippen LogP contribution in [0.1, 0.15) is 28.7 Å². The Bertz CT molecular complexity index is 509. The Kier molecular flexibility index (Phi) is 3.83. The molecule has 3 rings (SSSR count). The average molecular weight is 322 g/mol. The highest BCUT2D eigenvalue weighted by molar-refractivity contribution is 9.10. The predicted molar refractivity (Wildman–Crippen MR) is 81.4 cm³/mol. The van der Waals surface area contributed by atoms with E-state index < -0.39 is 0 Å². The molecule has 3 heteroatoms. The monoisotopic (exact) mass is 321 g/mol. The summed E-state index contributed by atoms with van der Waals surface area (Å²) < 4.78 is 1.18. The molecule has 1 nitrogen and oxygen atoms in total. The summed E-state index contributed by atoms with van der Waals surface area (Å²) in [4.78, 5) is 1.53. The van der Waals surface area contributed by atoms with Gasteiger partial charge < -0.3 is 5.32 Å². The van der Waals surface area contributed by atoms with E-state index >= 15 is 0 Å². The third-order valence-corrected chi connectivity index (χ3v) is 5.16. The van der Waals surface area contributed by atoms with Gasteiger partial charge in [-0.1, -0.05) is 34.1 Å². The van der Waals surface area contributed by atoms with E-state index in [2.05, 4.69) is 63.0 Å². The average Bonchev–Trinajstić information content (AvgIpc) is 2.92. The summed E-state index contributed by atoms with van der Waals surface area (Å²) in [7, 11) is 0. The summed E-state index contributed by atoms with van der Waals surface area (Å²) in [5.41, 5.74) is 1.44. The van der Waals surface area contributed by atoms with Crippen LogP contribution in [0.15, 0.2) is 46.3 Å². The lowest BCUT2D eigenvalue weighted by Crippen LogP contribution is -2.33. The molecule has 0 saturated carbocycles. The van der Waals surface area contributed by atoms with Crippen molar-refractivity contribution in [2.75, 3.05) is 13.1 Å². The quantitative estimate of drug-likeness (QED) is 0.866. The lowest BCUT2D eigenvalue weighted by molar-refractivity contribution is 0.408. The summed E-state index contributed by atoms with van der Waals surface area (Å²) in [5, 5.41) is 5.72. The number of hydrogen-bond donors (Lipinski definition) is 1. The van der Waals surface area contributed by atoms with Crippen LogP contribution < -0.4 is 5.32 Å². The van der Waals surface area contributed by atoms with Gasteiger partial charge in [0.15, 0.2) is 0 Å². The maximum absolute atomic E-state index is 3.58. The Balaban J connectivity index is 1.93. The van der Waals surface area contributed by atoms with Crippen LogP contribution in [0.4, 0.5) is 0 Å². The number of benzene rings is 1. The minimum Gasteiger partial charge on any atom is -0.316 e. The van der Waals surface area contributed by atoms with E-state index in [-0.39, 0.29) is 0 Å². The van der Waals surface area contributed by atoms with Gasteiger partial charge in [-0.25, -0.2) is 0 Å². The number of rotatable bonds is 2. The summed E-state index contributed by atoms with van der Waals surface area (Å²) in [5.74, 6) is 1.26. The molecule has 1 saturated heterocycles. The minimum absolute atomic E-state index is 0.592. The van der Waals surface area contributed by atoms with E-state index in [0.717, 1.165) is 13.1 Å². The maximum atomic E-state index is 3.58. The predicted octanol–water partition coefficient (Wildman–Crippen LogP) is 4.37. The molecule has 0 bridgehead atoms.